The summed E-state index contributed by atoms with van der Waals surface area (Å²) < 4.78 is 23.6. The number of fused-ring (bicyclic) bond motifs is 11. The minimum Gasteiger partial charge on any atom is -0.507 e. The van der Waals surface area contributed by atoms with Crippen molar-refractivity contribution in [3.05, 3.63) is 46.5 Å². The number of ether oxygens (including phenoxy) is 4. The fraction of sp³-hybridized carbons (Fsp3) is 0.705. The number of aryl methyl sites for hydroxylation is 2. The quantitative estimate of drug-likeness (QED) is 0.222. The Balaban J connectivity index is 0.000000153. The Morgan fingerprint density at radius 3 is 2.10 bits per heavy atom. The van der Waals surface area contributed by atoms with Gasteiger partial charge in [-0.3, -0.25) is 4.79 Å². The van der Waals surface area contributed by atoms with Crippen molar-refractivity contribution in [1.82, 2.24) is 0 Å². The standard InChI is InChI=1S/C24H34O4S.C20H26O2S/c1-4-29-22-14-19-16(13-21(22)26-15-25-3)5-6-18-17(19)7-9-23(2)20(18)8-10-24(23)27-11-12-28-24;1-3-23-18-11-15-12(10-17(18)21)4-5-14-13(15)8-9-20(2)16(14)6-7-19(20)22/h13-14,17-18,20H,4-12,15H2,1-3H3;10-11,13-14,16,21H,3-9H2,1-2H3/t17?,18?,20?,23-;13?,14?,16?,20-/m00/s1. The first kappa shape index (κ1) is 37.2. The van der Waals surface area contributed by atoms with Crippen molar-refractivity contribution >= 4 is 29.3 Å². The highest BCUT2D eigenvalue weighted by molar-refractivity contribution is 7.99. The average Bonchev–Trinajstić information content (AvgIpc) is 3.84. The molecule has 5 fully saturated rings. The van der Waals surface area contributed by atoms with Crippen LogP contribution in [0, 0.1) is 34.5 Å². The minimum atomic E-state index is -0.302. The van der Waals surface area contributed by atoms with Crippen LogP contribution in [0.5, 0.6) is 11.5 Å². The van der Waals surface area contributed by atoms with Crippen molar-refractivity contribution in [2.24, 2.45) is 34.5 Å². The molecule has 8 atom stereocenters. The van der Waals surface area contributed by atoms with Crippen molar-refractivity contribution in [1.29, 1.82) is 0 Å². The first-order chi connectivity index (χ1) is 25.2. The molecular weight excluding hydrogens is 689 g/mol. The molecule has 0 bridgehead atoms. The first-order valence-electron chi connectivity index (χ1n) is 20.4. The molecule has 1 N–H and O–H groups in total. The molecule has 1 heterocycles. The number of methoxy groups -OCH3 is 1. The SMILES string of the molecule is CCSc1cc2c(cc1O)CCC1C2CC[C@]2(C)C(=O)CCC12.CCSc1cc2c(cc1OCOC)CCC1C2CC[C@@]2(C)C1CCC21OCCO1. The maximum atomic E-state index is 12.4. The monoisotopic (exact) mass is 748 g/mol. The van der Waals surface area contributed by atoms with E-state index in [1.807, 2.05) is 17.8 Å². The van der Waals surface area contributed by atoms with Gasteiger partial charge < -0.3 is 24.1 Å². The van der Waals surface area contributed by atoms with E-state index in [1.165, 1.54) is 53.7 Å². The molecule has 1 spiro atoms. The Labute approximate surface area is 320 Å². The highest BCUT2D eigenvalue weighted by atomic mass is 32.2. The predicted octanol–water partition coefficient (Wildman–Crippen LogP) is 10.3. The van der Waals surface area contributed by atoms with Crippen molar-refractivity contribution in [3.63, 3.8) is 0 Å². The van der Waals surface area contributed by atoms with Crippen molar-refractivity contribution in [2.45, 2.75) is 132 Å². The van der Waals surface area contributed by atoms with Gasteiger partial charge >= 0.3 is 0 Å². The van der Waals surface area contributed by atoms with Gasteiger partial charge in [0, 0.05) is 40.6 Å². The Bertz CT molecular complexity index is 1650. The molecule has 1 aliphatic heterocycles. The normalized spacial score (nSPS) is 35.1. The predicted molar refractivity (Wildman–Crippen MR) is 209 cm³/mol. The van der Waals surface area contributed by atoms with Crippen LogP contribution in [0.25, 0.3) is 0 Å². The maximum absolute atomic E-state index is 12.4. The molecule has 2 aromatic rings. The smallest absolute Gasteiger partial charge is 0.188 e. The van der Waals surface area contributed by atoms with Gasteiger partial charge in [-0.1, -0.05) is 27.7 Å². The van der Waals surface area contributed by atoms with Gasteiger partial charge in [-0.15, -0.1) is 23.5 Å². The summed E-state index contributed by atoms with van der Waals surface area (Å²) in [6.45, 7) is 10.9. The number of rotatable bonds is 7. The Morgan fingerprint density at radius 2 is 1.40 bits per heavy atom. The maximum Gasteiger partial charge on any atom is 0.188 e. The zero-order chi connectivity index (χ0) is 36.3. The third kappa shape index (κ3) is 6.08. The summed E-state index contributed by atoms with van der Waals surface area (Å²) in [5.74, 6) is 7.65. The number of thioether (sulfide) groups is 2. The molecule has 4 saturated carbocycles. The number of ketones is 1. The highest BCUT2D eigenvalue weighted by Crippen LogP contribution is 2.66. The van der Waals surface area contributed by atoms with E-state index >= 15 is 0 Å². The van der Waals surface area contributed by atoms with E-state index in [0.717, 1.165) is 86.2 Å². The lowest BCUT2D eigenvalue weighted by Gasteiger charge is -2.52. The minimum absolute atomic E-state index is 0.0451. The van der Waals surface area contributed by atoms with Crippen molar-refractivity contribution in [2.75, 3.05) is 38.6 Å². The second-order valence-electron chi connectivity index (χ2n) is 17.1. The summed E-state index contributed by atoms with van der Waals surface area (Å²) in [7, 11) is 1.68. The van der Waals surface area contributed by atoms with E-state index < -0.39 is 0 Å². The first-order valence-corrected chi connectivity index (χ1v) is 22.3. The fourth-order valence-corrected chi connectivity index (χ4v) is 14.1. The molecule has 0 aromatic heterocycles. The summed E-state index contributed by atoms with van der Waals surface area (Å²) in [5.41, 5.74) is 6.01. The van der Waals surface area contributed by atoms with Gasteiger partial charge in [0.2, 0.25) is 0 Å². The third-order valence-corrected chi connectivity index (χ3v) is 16.9. The van der Waals surface area contributed by atoms with E-state index in [2.05, 4.69) is 45.9 Å². The van der Waals surface area contributed by atoms with Gasteiger partial charge in [0.05, 0.1) is 13.2 Å². The molecule has 7 aliphatic rings. The second-order valence-corrected chi connectivity index (χ2v) is 19.7. The Morgan fingerprint density at radius 1 is 0.769 bits per heavy atom. The molecule has 6 nitrogen and oxygen atoms in total. The number of aromatic hydroxyl groups is 1. The average molecular weight is 749 g/mol. The van der Waals surface area contributed by atoms with Crippen LogP contribution < -0.4 is 4.74 Å². The van der Waals surface area contributed by atoms with Crippen LogP contribution in [0.1, 0.15) is 126 Å². The van der Waals surface area contributed by atoms with Crippen molar-refractivity contribution in [3.8, 4) is 11.5 Å². The molecule has 8 heteroatoms. The van der Waals surface area contributed by atoms with E-state index in [-0.39, 0.29) is 16.6 Å². The second kappa shape index (κ2) is 14.7. The summed E-state index contributed by atoms with van der Waals surface area (Å²) in [5, 5.41) is 10.3. The zero-order valence-corrected chi connectivity index (χ0v) is 33.7. The molecule has 284 valence electrons. The number of hydrogen-bond donors (Lipinski definition) is 1. The molecule has 2 aromatic carbocycles. The number of hydrogen-bond acceptors (Lipinski definition) is 8. The number of carbonyl (C=O) groups excluding carboxylic acids is 1. The largest absolute Gasteiger partial charge is 0.507 e. The van der Waals surface area contributed by atoms with Crippen LogP contribution in [-0.4, -0.2) is 55.3 Å². The lowest BCUT2D eigenvalue weighted by Crippen LogP contribution is -2.51. The van der Waals surface area contributed by atoms with Crippen LogP contribution >= 0.6 is 23.5 Å². The zero-order valence-electron chi connectivity index (χ0n) is 32.1. The van der Waals surface area contributed by atoms with Crippen LogP contribution in [0.15, 0.2) is 34.1 Å². The van der Waals surface area contributed by atoms with Gasteiger partial charge in [-0.25, -0.2) is 0 Å². The number of carbonyl (C=O) groups is 1. The van der Waals surface area contributed by atoms with E-state index in [1.54, 1.807) is 24.4 Å². The molecule has 6 unspecified atom stereocenters. The van der Waals surface area contributed by atoms with Gasteiger partial charge in [-0.2, -0.15) is 0 Å². The van der Waals surface area contributed by atoms with Crippen LogP contribution in [0.4, 0.5) is 0 Å². The van der Waals surface area contributed by atoms with E-state index in [0.29, 0.717) is 47.9 Å². The molecule has 1 saturated heterocycles. The van der Waals surface area contributed by atoms with Gasteiger partial charge in [0.25, 0.3) is 0 Å². The molecule has 6 aliphatic carbocycles. The lowest BCUT2D eigenvalue weighted by atomic mass is 9.55. The fourth-order valence-electron chi connectivity index (χ4n) is 12.6. The number of benzene rings is 2. The Hall–Kier alpha value is -1.71. The van der Waals surface area contributed by atoms with Crippen LogP contribution in [-0.2, 0) is 31.8 Å². The number of Topliss-reactive ketones (excluding diaryl/α,β-unsaturated/α-hetero) is 1. The summed E-state index contributed by atoms with van der Waals surface area (Å²) in [6.07, 6.45) is 13.5. The number of phenolic OH excluding ortho intramolecular Hbond substituents is 1. The molecule has 52 heavy (non-hydrogen) atoms. The molecule has 0 radical (unpaired) electrons. The summed E-state index contributed by atoms with van der Waals surface area (Å²) >= 11 is 3.61. The van der Waals surface area contributed by atoms with Crippen LogP contribution in [0.2, 0.25) is 0 Å². The van der Waals surface area contributed by atoms with E-state index in [4.69, 9.17) is 18.9 Å². The summed E-state index contributed by atoms with van der Waals surface area (Å²) in [6, 6.07) is 9.02. The molecule has 0 amide bonds. The lowest BCUT2D eigenvalue weighted by molar-refractivity contribution is -0.237. The van der Waals surface area contributed by atoms with Gasteiger partial charge in [0.1, 0.15) is 17.3 Å². The molecule has 9 rings (SSSR count). The van der Waals surface area contributed by atoms with Crippen LogP contribution in [0.3, 0.4) is 0 Å². The van der Waals surface area contributed by atoms with E-state index in [9.17, 15) is 9.90 Å². The van der Waals surface area contributed by atoms with Crippen molar-refractivity contribution < 1.29 is 28.8 Å². The summed E-state index contributed by atoms with van der Waals surface area (Å²) in [4.78, 5) is 14.7. The van der Waals surface area contributed by atoms with Gasteiger partial charge in [-0.05, 0) is 158 Å². The molecular formula is C44H60O6S2. The third-order valence-electron chi connectivity index (χ3n) is 15.0. The highest BCUT2D eigenvalue weighted by Gasteiger charge is 2.65. The Kier molecular flexibility index (Phi) is 10.6. The van der Waals surface area contributed by atoms with Gasteiger partial charge in [0.15, 0.2) is 12.6 Å². The number of phenols is 1. The topological polar surface area (TPSA) is 74.2 Å².